The molecule has 0 atom stereocenters. The zero-order chi connectivity index (χ0) is 5.70. The Morgan fingerprint density at radius 2 is 2.43 bits per heavy atom. The zero-order valence-corrected chi connectivity index (χ0v) is 4.24. The van der Waals surface area contributed by atoms with Crippen LogP contribution in [0.3, 0.4) is 0 Å². The van der Waals surface area contributed by atoms with E-state index >= 15 is 0 Å². The fraction of sp³-hybridized carbons (Fsp3) is 0.600. The van der Waals surface area contributed by atoms with Gasteiger partial charge in [-0.25, -0.2) is 0 Å². The third-order valence-electron chi connectivity index (χ3n) is 0.660. The molecule has 0 amide bonds. The van der Waals surface area contributed by atoms with Gasteiger partial charge >= 0.3 is 0 Å². The molecular weight excluding hydrogens is 93.1 g/mol. The highest BCUT2D eigenvalue weighted by Gasteiger charge is 1.96. The van der Waals surface area contributed by atoms with Crippen molar-refractivity contribution in [2.75, 3.05) is 6.67 Å². The molecule has 0 aromatic rings. The molecule has 0 unspecified atom stereocenters. The van der Waals surface area contributed by atoms with Crippen LogP contribution in [0.15, 0.2) is 0 Å². The van der Waals surface area contributed by atoms with Gasteiger partial charge in [0, 0.05) is 0 Å². The molecule has 0 saturated carbocycles. The SMILES string of the molecule is C[C](C#N)CCF. The second-order valence-electron chi connectivity index (χ2n) is 1.33. The molecule has 0 heterocycles. The van der Waals surface area contributed by atoms with Crippen LogP contribution in [-0.2, 0) is 0 Å². The van der Waals surface area contributed by atoms with Crippen molar-refractivity contribution in [1.29, 1.82) is 5.26 Å². The summed E-state index contributed by atoms with van der Waals surface area (Å²) < 4.78 is 11.3. The summed E-state index contributed by atoms with van der Waals surface area (Å²) in [5.41, 5.74) is 0. The largest absolute Gasteiger partial charge is 0.251 e. The van der Waals surface area contributed by atoms with E-state index in [0.717, 1.165) is 0 Å². The fourth-order valence-corrected chi connectivity index (χ4v) is 0.198. The van der Waals surface area contributed by atoms with Crippen molar-refractivity contribution in [1.82, 2.24) is 0 Å². The molecule has 0 spiro atoms. The van der Waals surface area contributed by atoms with E-state index in [0.29, 0.717) is 5.92 Å². The van der Waals surface area contributed by atoms with Gasteiger partial charge in [-0.15, -0.1) is 0 Å². The minimum atomic E-state index is -0.417. The van der Waals surface area contributed by atoms with Gasteiger partial charge in [-0.1, -0.05) is 0 Å². The first-order valence-electron chi connectivity index (χ1n) is 2.09. The lowest BCUT2D eigenvalue weighted by molar-refractivity contribution is 0.485. The van der Waals surface area contributed by atoms with Crippen LogP contribution in [0.5, 0.6) is 0 Å². The molecule has 0 N–H and O–H groups in total. The van der Waals surface area contributed by atoms with Crippen LogP contribution in [0.25, 0.3) is 0 Å². The molecule has 1 nitrogen and oxygen atoms in total. The minimum absolute atomic E-state index is 0.288. The Bertz CT molecular complexity index is 74.6. The van der Waals surface area contributed by atoms with Gasteiger partial charge in [0.05, 0.1) is 18.7 Å². The van der Waals surface area contributed by atoms with E-state index in [1.54, 1.807) is 6.92 Å². The predicted molar refractivity (Wildman–Crippen MR) is 25.1 cm³/mol. The summed E-state index contributed by atoms with van der Waals surface area (Å²) >= 11 is 0. The van der Waals surface area contributed by atoms with Crippen LogP contribution in [0, 0.1) is 17.2 Å². The van der Waals surface area contributed by atoms with Gasteiger partial charge < -0.3 is 0 Å². The van der Waals surface area contributed by atoms with Gasteiger partial charge in [-0.3, -0.25) is 4.39 Å². The van der Waals surface area contributed by atoms with E-state index in [-0.39, 0.29) is 6.42 Å². The Hall–Kier alpha value is -0.580. The molecule has 0 aliphatic heterocycles. The molecule has 0 aliphatic carbocycles. The lowest BCUT2D eigenvalue weighted by atomic mass is 10.1. The molecule has 0 rings (SSSR count). The van der Waals surface area contributed by atoms with Crippen LogP contribution in [-0.4, -0.2) is 6.67 Å². The highest BCUT2D eigenvalue weighted by molar-refractivity contribution is 5.06. The number of halogens is 1. The number of hydrogen-bond acceptors (Lipinski definition) is 1. The van der Waals surface area contributed by atoms with Crippen LogP contribution < -0.4 is 0 Å². The highest BCUT2D eigenvalue weighted by Crippen LogP contribution is 2.00. The molecule has 7 heavy (non-hydrogen) atoms. The van der Waals surface area contributed by atoms with Crippen molar-refractivity contribution in [2.24, 2.45) is 0 Å². The summed E-state index contributed by atoms with van der Waals surface area (Å²) in [6.07, 6.45) is 0.288. The molecule has 0 saturated heterocycles. The Labute approximate surface area is 42.8 Å². The van der Waals surface area contributed by atoms with Gasteiger partial charge in [0.25, 0.3) is 0 Å². The van der Waals surface area contributed by atoms with E-state index in [4.69, 9.17) is 5.26 Å². The maximum atomic E-state index is 11.3. The van der Waals surface area contributed by atoms with E-state index in [9.17, 15) is 4.39 Å². The number of rotatable bonds is 2. The van der Waals surface area contributed by atoms with E-state index < -0.39 is 6.67 Å². The zero-order valence-electron chi connectivity index (χ0n) is 4.24. The number of nitriles is 1. The quantitative estimate of drug-likeness (QED) is 0.515. The second kappa shape index (κ2) is 3.60. The third kappa shape index (κ3) is 3.24. The van der Waals surface area contributed by atoms with Gasteiger partial charge in [-0.05, 0) is 13.3 Å². The fourth-order valence-electron chi connectivity index (χ4n) is 0.198. The Kier molecular flexibility index (Phi) is 3.31. The lowest BCUT2D eigenvalue weighted by Crippen LogP contribution is -1.86. The number of nitrogens with zero attached hydrogens (tertiary/aromatic N) is 1. The molecule has 0 aromatic heterocycles. The second-order valence-corrected chi connectivity index (χ2v) is 1.33. The van der Waals surface area contributed by atoms with E-state index in [2.05, 4.69) is 0 Å². The standard InChI is InChI=1S/C5H7FN/c1-5(4-7)2-3-6/h2-3H2,1H3. The maximum absolute atomic E-state index is 11.3. The molecule has 39 valence electrons. The molecule has 0 bridgehead atoms. The summed E-state index contributed by atoms with van der Waals surface area (Å²) in [4.78, 5) is 0. The van der Waals surface area contributed by atoms with Crippen LogP contribution in [0.4, 0.5) is 4.39 Å². The van der Waals surface area contributed by atoms with Crippen molar-refractivity contribution in [3.05, 3.63) is 5.92 Å². The number of hydrogen-bond donors (Lipinski definition) is 0. The average Bonchev–Trinajstić information content (AvgIpc) is 1.68. The Morgan fingerprint density at radius 1 is 1.86 bits per heavy atom. The van der Waals surface area contributed by atoms with Crippen molar-refractivity contribution in [2.45, 2.75) is 13.3 Å². The van der Waals surface area contributed by atoms with E-state index in [1.807, 2.05) is 6.07 Å². The average molecular weight is 100 g/mol. The van der Waals surface area contributed by atoms with Crippen molar-refractivity contribution < 1.29 is 4.39 Å². The first-order valence-corrected chi connectivity index (χ1v) is 2.09. The van der Waals surface area contributed by atoms with Gasteiger partial charge in [0.15, 0.2) is 0 Å². The summed E-state index contributed by atoms with van der Waals surface area (Å²) in [7, 11) is 0. The van der Waals surface area contributed by atoms with Crippen molar-refractivity contribution in [3.63, 3.8) is 0 Å². The molecular formula is C5H7FN. The molecule has 0 aromatic carbocycles. The first kappa shape index (κ1) is 6.42. The predicted octanol–water partition coefficient (Wildman–Crippen LogP) is 1.46. The maximum Gasteiger partial charge on any atom is 0.0910 e. The first-order chi connectivity index (χ1) is 3.31. The monoisotopic (exact) mass is 100 g/mol. The van der Waals surface area contributed by atoms with Crippen LogP contribution in [0.2, 0.25) is 0 Å². The molecule has 2 heteroatoms. The summed E-state index contributed by atoms with van der Waals surface area (Å²) in [5.74, 6) is 0.558. The third-order valence-corrected chi connectivity index (χ3v) is 0.660. The highest BCUT2D eigenvalue weighted by atomic mass is 19.1. The Morgan fingerprint density at radius 3 is 2.57 bits per heavy atom. The summed E-state index contributed by atoms with van der Waals surface area (Å²) in [6, 6.07) is 1.84. The molecule has 1 radical (unpaired) electrons. The minimum Gasteiger partial charge on any atom is -0.251 e. The molecule has 0 fully saturated rings. The van der Waals surface area contributed by atoms with Crippen molar-refractivity contribution >= 4 is 0 Å². The van der Waals surface area contributed by atoms with Crippen LogP contribution in [0.1, 0.15) is 13.3 Å². The lowest BCUT2D eigenvalue weighted by Gasteiger charge is -1.89. The summed E-state index contributed by atoms with van der Waals surface area (Å²) in [5, 5.41) is 8.01. The van der Waals surface area contributed by atoms with Gasteiger partial charge in [0.1, 0.15) is 0 Å². The van der Waals surface area contributed by atoms with Crippen molar-refractivity contribution in [3.8, 4) is 6.07 Å². The molecule has 0 aliphatic rings. The normalized spacial score (nSPS) is 8.86. The summed E-state index contributed by atoms with van der Waals surface area (Å²) in [6.45, 7) is 1.21. The smallest absolute Gasteiger partial charge is 0.0910 e. The topological polar surface area (TPSA) is 23.8 Å². The Balaban J connectivity index is 3.04. The van der Waals surface area contributed by atoms with E-state index in [1.165, 1.54) is 0 Å². The van der Waals surface area contributed by atoms with Gasteiger partial charge in [0.2, 0.25) is 0 Å². The van der Waals surface area contributed by atoms with Crippen LogP contribution >= 0.6 is 0 Å². The van der Waals surface area contributed by atoms with Gasteiger partial charge in [-0.2, -0.15) is 5.26 Å². The number of alkyl halides is 1.